The number of benzene rings is 2. The van der Waals surface area contributed by atoms with E-state index in [1.165, 1.54) is 13.8 Å². The molecule has 0 heterocycles. The fourth-order valence-corrected chi connectivity index (χ4v) is 2.23. The highest BCUT2D eigenvalue weighted by Gasteiger charge is 2.07. The summed E-state index contributed by atoms with van der Waals surface area (Å²) in [7, 11) is 0. The fourth-order valence-electron chi connectivity index (χ4n) is 2.23. The van der Waals surface area contributed by atoms with E-state index >= 15 is 0 Å². The summed E-state index contributed by atoms with van der Waals surface area (Å²) in [5, 5.41) is 2.79. The minimum Gasteiger partial charge on any atom is -0.490 e. The van der Waals surface area contributed by atoms with Crippen LogP contribution in [-0.2, 0) is 19.1 Å². The summed E-state index contributed by atoms with van der Waals surface area (Å²) in [6.07, 6.45) is 0. The van der Waals surface area contributed by atoms with Gasteiger partial charge in [0, 0.05) is 25.1 Å². The molecule has 0 aliphatic rings. The first kappa shape index (κ1) is 21.7. The fraction of sp³-hybridized carbons (Fsp3) is 0.286. The van der Waals surface area contributed by atoms with Gasteiger partial charge in [0.25, 0.3) is 5.91 Å². The molecule has 0 spiro atoms. The summed E-state index contributed by atoms with van der Waals surface area (Å²) in [6, 6.07) is 13.5. The van der Waals surface area contributed by atoms with Crippen LogP contribution >= 0.6 is 0 Å². The van der Waals surface area contributed by atoms with Gasteiger partial charge in [-0.25, -0.2) is 0 Å². The predicted octanol–water partition coefficient (Wildman–Crippen LogP) is 2.82. The Bertz CT molecular complexity index is 816. The molecule has 0 aromatic heterocycles. The van der Waals surface area contributed by atoms with E-state index in [0.717, 1.165) is 0 Å². The Balaban J connectivity index is 1.78. The molecule has 0 bridgehead atoms. The van der Waals surface area contributed by atoms with E-state index < -0.39 is 0 Å². The van der Waals surface area contributed by atoms with E-state index in [-0.39, 0.29) is 44.3 Å². The maximum atomic E-state index is 12.3. The van der Waals surface area contributed by atoms with Gasteiger partial charge < -0.3 is 24.3 Å². The predicted molar refractivity (Wildman–Crippen MR) is 105 cm³/mol. The topological polar surface area (TPSA) is 100 Å². The summed E-state index contributed by atoms with van der Waals surface area (Å²) in [4.78, 5) is 33.7. The number of anilines is 1. The zero-order valence-corrected chi connectivity index (χ0v) is 16.3. The Hall–Kier alpha value is -3.55. The molecule has 2 rings (SSSR count). The third kappa shape index (κ3) is 8.34. The number of rotatable bonds is 10. The highest BCUT2D eigenvalue weighted by Crippen LogP contribution is 2.18. The van der Waals surface area contributed by atoms with Gasteiger partial charge in [-0.1, -0.05) is 0 Å². The molecule has 29 heavy (non-hydrogen) atoms. The van der Waals surface area contributed by atoms with Gasteiger partial charge in [-0.05, 0) is 48.5 Å². The highest BCUT2D eigenvalue weighted by atomic mass is 16.6. The Morgan fingerprint density at radius 3 is 1.59 bits per heavy atom. The van der Waals surface area contributed by atoms with Crippen molar-refractivity contribution in [3.63, 3.8) is 0 Å². The van der Waals surface area contributed by atoms with Crippen LogP contribution in [0.2, 0.25) is 0 Å². The van der Waals surface area contributed by atoms with Gasteiger partial charge in [0.05, 0.1) is 0 Å². The molecule has 0 saturated carbocycles. The Morgan fingerprint density at radius 1 is 0.690 bits per heavy atom. The molecule has 1 amide bonds. The molecular weight excluding hydrogens is 378 g/mol. The second kappa shape index (κ2) is 11.3. The summed E-state index contributed by atoms with van der Waals surface area (Å²) in [5.74, 6) is 0.199. The quantitative estimate of drug-likeness (QED) is 0.483. The molecule has 2 aromatic rings. The van der Waals surface area contributed by atoms with Crippen molar-refractivity contribution in [1.82, 2.24) is 0 Å². The lowest BCUT2D eigenvalue weighted by Crippen LogP contribution is -2.12. The Labute approximate surface area is 168 Å². The molecule has 0 aliphatic heterocycles. The zero-order valence-electron chi connectivity index (χ0n) is 16.3. The van der Waals surface area contributed by atoms with Crippen molar-refractivity contribution >= 4 is 23.5 Å². The van der Waals surface area contributed by atoms with Gasteiger partial charge >= 0.3 is 11.9 Å². The minimum atomic E-state index is -0.359. The molecule has 0 saturated heterocycles. The normalized spacial score (nSPS) is 10.0. The summed E-state index contributed by atoms with van der Waals surface area (Å²) in [5.41, 5.74) is 1.09. The van der Waals surface area contributed by atoms with Gasteiger partial charge in [-0.15, -0.1) is 0 Å². The lowest BCUT2D eigenvalue weighted by atomic mass is 10.2. The molecule has 0 aliphatic carbocycles. The van der Waals surface area contributed by atoms with Gasteiger partial charge in [0.2, 0.25) is 0 Å². The maximum Gasteiger partial charge on any atom is 0.302 e. The standard InChI is InChI=1S/C21H23NO7/c1-15(23)26-11-13-28-19-7-3-17(4-8-19)21(25)22-18-5-9-20(10-6-18)29-14-12-27-16(2)24/h3-10H,11-14H2,1-2H3,(H,22,25). The van der Waals surface area contributed by atoms with Crippen LogP contribution in [0.4, 0.5) is 5.69 Å². The van der Waals surface area contributed by atoms with Crippen molar-refractivity contribution in [3.8, 4) is 11.5 Å². The average molecular weight is 401 g/mol. The van der Waals surface area contributed by atoms with Gasteiger partial charge in [0.1, 0.15) is 37.9 Å². The smallest absolute Gasteiger partial charge is 0.302 e. The second-order valence-electron chi connectivity index (χ2n) is 5.88. The van der Waals surface area contributed by atoms with E-state index in [2.05, 4.69) is 5.32 Å². The minimum absolute atomic E-state index is 0.168. The lowest BCUT2D eigenvalue weighted by Gasteiger charge is -2.09. The lowest BCUT2D eigenvalue weighted by molar-refractivity contribution is -0.142. The molecule has 154 valence electrons. The van der Waals surface area contributed by atoms with Crippen LogP contribution in [0.25, 0.3) is 0 Å². The van der Waals surface area contributed by atoms with Crippen molar-refractivity contribution in [2.45, 2.75) is 13.8 Å². The first-order valence-corrected chi connectivity index (χ1v) is 8.98. The average Bonchev–Trinajstić information content (AvgIpc) is 2.70. The Kier molecular flexibility index (Phi) is 8.50. The van der Waals surface area contributed by atoms with Crippen LogP contribution in [0, 0.1) is 0 Å². The number of hydrogen-bond acceptors (Lipinski definition) is 7. The van der Waals surface area contributed by atoms with Crippen LogP contribution in [-0.4, -0.2) is 44.3 Å². The molecule has 8 nitrogen and oxygen atoms in total. The number of hydrogen-bond donors (Lipinski definition) is 1. The van der Waals surface area contributed by atoms with Crippen molar-refractivity contribution in [2.24, 2.45) is 0 Å². The first-order chi connectivity index (χ1) is 13.9. The van der Waals surface area contributed by atoms with E-state index in [1.807, 2.05) is 0 Å². The SMILES string of the molecule is CC(=O)OCCOc1ccc(NC(=O)c2ccc(OCCOC(C)=O)cc2)cc1. The number of amides is 1. The van der Waals surface area contributed by atoms with Crippen LogP contribution < -0.4 is 14.8 Å². The third-order valence-corrected chi connectivity index (χ3v) is 3.54. The first-order valence-electron chi connectivity index (χ1n) is 8.98. The van der Waals surface area contributed by atoms with Gasteiger partial charge in [-0.3, -0.25) is 14.4 Å². The van der Waals surface area contributed by atoms with Crippen LogP contribution in [0.5, 0.6) is 11.5 Å². The summed E-state index contributed by atoms with van der Waals surface area (Å²) < 4.78 is 20.4. The monoisotopic (exact) mass is 401 g/mol. The number of carbonyl (C=O) groups is 3. The van der Waals surface area contributed by atoms with E-state index in [0.29, 0.717) is 22.7 Å². The Morgan fingerprint density at radius 2 is 1.14 bits per heavy atom. The molecule has 0 fully saturated rings. The number of esters is 2. The maximum absolute atomic E-state index is 12.3. The van der Waals surface area contributed by atoms with Crippen LogP contribution in [0.15, 0.2) is 48.5 Å². The molecular formula is C21H23NO7. The van der Waals surface area contributed by atoms with Crippen molar-refractivity contribution in [1.29, 1.82) is 0 Å². The summed E-state index contributed by atoms with van der Waals surface area (Å²) >= 11 is 0. The number of ether oxygens (including phenoxy) is 4. The van der Waals surface area contributed by atoms with Crippen LogP contribution in [0.3, 0.4) is 0 Å². The highest BCUT2D eigenvalue weighted by molar-refractivity contribution is 6.04. The largest absolute Gasteiger partial charge is 0.490 e. The van der Waals surface area contributed by atoms with E-state index in [4.69, 9.17) is 18.9 Å². The molecule has 0 unspecified atom stereocenters. The molecule has 2 aromatic carbocycles. The molecule has 0 atom stereocenters. The van der Waals surface area contributed by atoms with E-state index in [9.17, 15) is 14.4 Å². The van der Waals surface area contributed by atoms with Crippen molar-refractivity contribution < 1.29 is 33.3 Å². The zero-order chi connectivity index (χ0) is 21.1. The molecule has 0 radical (unpaired) electrons. The van der Waals surface area contributed by atoms with E-state index in [1.54, 1.807) is 48.5 Å². The van der Waals surface area contributed by atoms with Crippen LogP contribution in [0.1, 0.15) is 24.2 Å². The number of nitrogens with one attached hydrogen (secondary N) is 1. The van der Waals surface area contributed by atoms with Crippen molar-refractivity contribution in [2.75, 3.05) is 31.7 Å². The van der Waals surface area contributed by atoms with Gasteiger partial charge in [0.15, 0.2) is 0 Å². The number of carbonyl (C=O) groups excluding carboxylic acids is 3. The second-order valence-corrected chi connectivity index (χ2v) is 5.88. The molecule has 1 N–H and O–H groups in total. The van der Waals surface area contributed by atoms with Gasteiger partial charge in [-0.2, -0.15) is 0 Å². The third-order valence-electron chi connectivity index (χ3n) is 3.54. The summed E-state index contributed by atoms with van der Waals surface area (Å²) in [6.45, 7) is 3.50. The van der Waals surface area contributed by atoms with Crippen molar-refractivity contribution in [3.05, 3.63) is 54.1 Å². The molecule has 8 heteroatoms.